The van der Waals surface area contributed by atoms with Crippen LogP contribution in [0.15, 0.2) is 48.7 Å². The summed E-state index contributed by atoms with van der Waals surface area (Å²) >= 11 is 18.0. The van der Waals surface area contributed by atoms with E-state index in [9.17, 15) is 22.8 Å². The summed E-state index contributed by atoms with van der Waals surface area (Å²) in [6.07, 6.45) is -3.36. The van der Waals surface area contributed by atoms with E-state index in [1.165, 1.54) is 43.6 Å². The number of carbonyl (C=O) groups is 2. The number of ketones is 1. The minimum absolute atomic E-state index is 0.0292. The zero-order chi connectivity index (χ0) is 24.3. The van der Waals surface area contributed by atoms with E-state index in [4.69, 9.17) is 34.8 Å². The summed E-state index contributed by atoms with van der Waals surface area (Å²) in [6, 6.07) is 9.30. The molecule has 0 aliphatic carbocycles. The van der Waals surface area contributed by atoms with Crippen molar-refractivity contribution in [3.05, 3.63) is 91.7 Å². The zero-order valence-electron chi connectivity index (χ0n) is 16.9. The first kappa shape index (κ1) is 24.8. The molecule has 3 rings (SSSR count). The number of amides is 1. The number of rotatable bonds is 6. The molecule has 11 heteroatoms. The predicted octanol–water partition coefficient (Wildman–Crippen LogP) is 6.26. The van der Waals surface area contributed by atoms with Gasteiger partial charge in [0.2, 0.25) is 5.78 Å². The maximum absolute atomic E-state index is 13.2. The van der Waals surface area contributed by atoms with Crippen LogP contribution in [0.1, 0.15) is 37.5 Å². The molecule has 0 fully saturated rings. The van der Waals surface area contributed by atoms with Crippen molar-refractivity contribution < 1.29 is 22.8 Å². The molecule has 5 nitrogen and oxygen atoms in total. The highest BCUT2D eigenvalue weighted by Gasteiger charge is 2.33. The number of aromatic nitrogens is 1. The summed E-state index contributed by atoms with van der Waals surface area (Å²) in [5.41, 5.74) is -0.458. The summed E-state index contributed by atoms with van der Waals surface area (Å²) in [5.74, 6) is -1.07. The fraction of sp³-hybridized carbons (Fsp3) is 0.136. The number of nitrogens with one attached hydrogen (secondary N) is 2. The highest BCUT2D eigenvalue weighted by molar-refractivity contribution is 6.38. The van der Waals surface area contributed by atoms with Crippen molar-refractivity contribution in [2.24, 2.45) is 0 Å². The number of alkyl halides is 3. The van der Waals surface area contributed by atoms with Crippen molar-refractivity contribution in [1.82, 2.24) is 10.3 Å². The van der Waals surface area contributed by atoms with E-state index in [-0.39, 0.29) is 44.7 Å². The quantitative estimate of drug-likeness (QED) is 0.379. The fourth-order valence-electron chi connectivity index (χ4n) is 3.00. The predicted molar refractivity (Wildman–Crippen MR) is 121 cm³/mol. The third-order valence-corrected chi connectivity index (χ3v) is 5.55. The monoisotopic (exact) mass is 515 g/mol. The van der Waals surface area contributed by atoms with Gasteiger partial charge in [-0.25, -0.2) is 4.98 Å². The van der Waals surface area contributed by atoms with E-state index in [1.807, 2.05) is 0 Å². The Morgan fingerprint density at radius 1 is 1.03 bits per heavy atom. The Kier molecular flexibility index (Phi) is 7.51. The van der Waals surface area contributed by atoms with Crippen molar-refractivity contribution in [3.8, 4) is 0 Å². The molecule has 0 saturated carbocycles. The SMILES string of the molecule is CNC(=O)c1cccc(C(=O)c2ncc(Cl)cc2NCc2ccc(Cl)c(C(F)(F)F)c2)c1Cl. The highest BCUT2D eigenvalue weighted by atomic mass is 35.5. The summed E-state index contributed by atoms with van der Waals surface area (Å²) in [5, 5.41) is 5.04. The smallest absolute Gasteiger partial charge is 0.379 e. The van der Waals surface area contributed by atoms with Gasteiger partial charge in [0, 0.05) is 25.4 Å². The summed E-state index contributed by atoms with van der Waals surface area (Å²) in [6.45, 7) is -0.0748. The average Bonchev–Trinajstić information content (AvgIpc) is 2.77. The summed E-state index contributed by atoms with van der Waals surface area (Å²) in [7, 11) is 1.43. The number of benzene rings is 2. The maximum Gasteiger partial charge on any atom is 0.417 e. The zero-order valence-corrected chi connectivity index (χ0v) is 19.1. The second kappa shape index (κ2) is 9.99. The second-order valence-corrected chi connectivity index (χ2v) is 8.01. The number of carbonyl (C=O) groups excluding carboxylic acids is 2. The number of halogens is 6. The topological polar surface area (TPSA) is 71.1 Å². The fourth-order valence-corrected chi connectivity index (χ4v) is 3.68. The van der Waals surface area contributed by atoms with Gasteiger partial charge in [0.15, 0.2) is 0 Å². The molecule has 0 aliphatic rings. The molecule has 1 amide bonds. The number of nitrogens with zero attached hydrogens (tertiary/aromatic N) is 1. The number of hydrogen-bond acceptors (Lipinski definition) is 4. The lowest BCUT2D eigenvalue weighted by Crippen LogP contribution is -2.19. The van der Waals surface area contributed by atoms with Crippen LogP contribution in [-0.2, 0) is 12.7 Å². The summed E-state index contributed by atoms with van der Waals surface area (Å²) in [4.78, 5) is 29.2. The lowest BCUT2D eigenvalue weighted by atomic mass is 10.0. The van der Waals surface area contributed by atoms with Gasteiger partial charge < -0.3 is 10.6 Å². The largest absolute Gasteiger partial charge is 0.417 e. The molecule has 0 saturated heterocycles. The van der Waals surface area contributed by atoms with Gasteiger partial charge in [0.1, 0.15) is 5.69 Å². The van der Waals surface area contributed by atoms with Crippen molar-refractivity contribution >= 4 is 52.2 Å². The third-order valence-electron chi connectivity index (χ3n) is 4.60. The Hall–Kier alpha value is -2.81. The van der Waals surface area contributed by atoms with Crippen LogP contribution in [0.25, 0.3) is 0 Å². The first-order valence-corrected chi connectivity index (χ1v) is 10.5. The van der Waals surface area contributed by atoms with E-state index >= 15 is 0 Å². The molecular weight excluding hydrogens is 502 g/mol. The van der Waals surface area contributed by atoms with E-state index < -0.39 is 28.5 Å². The molecule has 0 aliphatic heterocycles. The Morgan fingerprint density at radius 3 is 2.39 bits per heavy atom. The Balaban J connectivity index is 1.94. The highest BCUT2D eigenvalue weighted by Crippen LogP contribution is 2.35. The minimum Gasteiger partial charge on any atom is -0.379 e. The van der Waals surface area contributed by atoms with Gasteiger partial charge in [-0.3, -0.25) is 9.59 Å². The normalized spacial score (nSPS) is 11.2. The van der Waals surface area contributed by atoms with Gasteiger partial charge in [-0.1, -0.05) is 46.9 Å². The molecule has 2 N–H and O–H groups in total. The van der Waals surface area contributed by atoms with Crippen molar-refractivity contribution in [2.75, 3.05) is 12.4 Å². The lowest BCUT2D eigenvalue weighted by molar-refractivity contribution is -0.137. The van der Waals surface area contributed by atoms with Crippen LogP contribution in [0.2, 0.25) is 15.1 Å². The first-order chi connectivity index (χ1) is 15.5. The first-order valence-electron chi connectivity index (χ1n) is 9.33. The number of hydrogen-bond donors (Lipinski definition) is 2. The molecular formula is C22H15Cl3F3N3O2. The molecule has 3 aromatic rings. The molecule has 0 radical (unpaired) electrons. The van der Waals surface area contributed by atoms with Gasteiger partial charge in [-0.2, -0.15) is 13.2 Å². The van der Waals surface area contributed by atoms with E-state index in [2.05, 4.69) is 15.6 Å². The molecule has 0 atom stereocenters. The van der Waals surface area contributed by atoms with Gasteiger partial charge in [-0.05, 0) is 35.9 Å². The average molecular weight is 517 g/mol. The van der Waals surface area contributed by atoms with Crippen molar-refractivity contribution in [1.29, 1.82) is 0 Å². The van der Waals surface area contributed by atoms with Crippen molar-refractivity contribution in [3.63, 3.8) is 0 Å². The maximum atomic E-state index is 13.2. The Labute approximate surface area is 201 Å². The molecule has 33 heavy (non-hydrogen) atoms. The third kappa shape index (κ3) is 5.58. The van der Waals surface area contributed by atoms with Crippen LogP contribution in [0.4, 0.5) is 18.9 Å². The van der Waals surface area contributed by atoms with Crippen molar-refractivity contribution in [2.45, 2.75) is 12.7 Å². The van der Waals surface area contributed by atoms with E-state index in [1.54, 1.807) is 0 Å². The number of pyridine rings is 1. The molecule has 1 aromatic heterocycles. The minimum atomic E-state index is -4.61. The van der Waals surface area contributed by atoms with Gasteiger partial charge >= 0.3 is 6.18 Å². The van der Waals surface area contributed by atoms with Crippen LogP contribution >= 0.6 is 34.8 Å². The van der Waals surface area contributed by atoms with E-state index in [0.29, 0.717) is 0 Å². The van der Waals surface area contributed by atoms with Gasteiger partial charge in [0.05, 0.1) is 31.9 Å². The Bertz CT molecular complexity index is 1230. The van der Waals surface area contributed by atoms with Gasteiger partial charge in [-0.15, -0.1) is 0 Å². The summed E-state index contributed by atoms with van der Waals surface area (Å²) < 4.78 is 39.4. The lowest BCUT2D eigenvalue weighted by Gasteiger charge is -2.14. The molecule has 172 valence electrons. The molecule has 2 aromatic carbocycles. The molecule has 0 unspecified atom stereocenters. The Morgan fingerprint density at radius 2 is 1.73 bits per heavy atom. The van der Waals surface area contributed by atoms with Crippen LogP contribution in [0.5, 0.6) is 0 Å². The second-order valence-electron chi connectivity index (χ2n) is 6.79. The number of anilines is 1. The van der Waals surface area contributed by atoms with Crippen LogP contribution in [0, 0.1) is 0 Å². The van der Waals surface area contributed by atoms with Gasteiger partial charge in [0.25, 0.3) is 5.91 Å². The molecule has 0 spiro atoms. The standard InChI is InChI=1S/C22H15Cl3F3N3O2/c1-29-21(33)14-4-2-3-13(18(14)25)20(32)19-17(8-12(23)10-31-19)30-9-11-5-6-16(24)15(7-11)22(26,27)28/h2-8,10,30H,9H2,1H3,(H,29,33). The van der Waals surface area contributed by atoms with Crippen LogP contribution in [-0.4, -0.2) is 23.7 Å². The van der Waals surface area contributed by atoms with E-state index in [0.717, 1.165) is 12.1 Å². The van der Waals surface area contributed by atoms with Crippen LogP contribution in [0.3, 0.4) is 0 Å². The molecule has 1 heterocycles. The molecule has 0 bridgehead atoms. The van der Waals surface area contributed by atoms with Crippen LogP contribution < -0.4 is 10.6 Å².